The minimum atomic E-state index is -0.350. The van der Waals surface area contributed by atoms with Gasteiger partial charge in [0.05, 0.1) is 23.7 Å². The number of benzene rings is 3. The third-order valence-corrected chi connectivity index (χ3v) is 6.36. The molecule has 0 radical (unpaired) electrons. The number of H-pyrrole nitrogens is 1. The molecule has 0 atom stereocenters. The van der Waals surface area contributed by atoms with E-state index in [0.29, 0.717) is 28.4 Å². The Labute approximate surface area is 187 Å². The fourth-order valence-corrected chi connectivity index (χ4v) is 4.73. The van der Waals surface area contributed by atoms with Crippen LogP contribution in [0, 0.1) is 11.3 Å². The van der Waals surface area contributed by atoms with Crippen LogP contribution in [-0.4, -0.2) is 16.3 Å². The highest BCUT2D eigenvalue weighted by Crippen LogP contribution is 2.35. The molecular formula is C26H17N3O2S. The van der Waals surface area contributed by atoms with E-state index in [-0.39, 0.29) is 11.4 Å². The second-order valence-electron chi connectivity index (χ2n) is 7.38. The number of aromatic hydroxyl groups is 1. The van der Waals surface area contributed by atoms with Crippen LogP contribution in [0.1, 0.15) is 11.1 Å². The van der Waals surface area contributed by atoms with Crippen molar-refractivity contribution in [3.05, 3.63) is 93.6 Å². The number of nitrogens with zero attached hydrogens (tertiary/aromatic N) is 2. The minimum Gasteiger partial charge on any atom is -0.494 e. The molecule has 0 saturated heterocycles. The molecule has 0 unspecified atom stereocenters. The average molecular weight is 436 g/mol. The first-order chi connectivity index (χ1) is 15.6. The summed E-state index contributed by atoms with van der Waals surface area (Å²) in [5.41, 5.74) is 3.75. The normalized spacial score (nSPS) is 11.3. The number of pyridine rings is 1. The first-order valence-corrected chi connectivity index (χ1v) is 10.9. The zero-order valence-corrected chi connectivity index (χ0v) is 17.7. The third-order valence-electron chi connectivity index (χ3n) is 5.40. The summed E-state index contributed by atoms with van der Waals surface area (Å²) in [6, 6.07) is 23.3. The highest BCUT2D eigenvalue weighted by molar-refractivity contribution is 7.17. The number of nitriles is 1. The van der Waals surface area contributed by atoms with Crippen molar-refractivity contribution in [1.29, 1.82) is 5.26 Å². The van der Waals surface area contributed by atoms with Crippen molar-refractivity contribution in [2.24, 2.45) is 4.99 Å². The highest BCUT2D eigenvalue weighted by atomic mass is 32.1. The van der Waals surface area contributed by atoms with Crippen molar-refractivity contribution >= 4 is 44.1 Å². The van der Waals surface area contributed by atoms with Gasteiger partial charge < -0.3 is 5.11 Å². The molecule has 0 saturated carbocycles. The molecule has 6 heteroatoms. The monoisotopic (exact) mass is 435 g/mol. The molecule has 154 valence electrons. The zero-order valence-electron chi connectivity index (χ0n) is 16.9. The van der Waals surface area contributed by atoms with Crippen LogP contribution < -0.4 is 5.56 Å². The molecule has 32 heavy (non-hydrogen) atoms. The first-order valence-electron chi connectivity index (χ1n) is 9.99. The number of hydrogen-bond acceptors (Lipinski definition) is 5. The Morgan fingerprint density at radius 2 is 1.84 bits per heavy atom. The molecule has 0 fully saturated rings. The van der Waals surface area contributed by atoms with Crippen molar-refractivity contribution in [2.45, 2.75) is 6.42 Å². The lowest BCUT2D eigenvalue weighted by molar-refractivity contribution is 0.452. The van der Waals surface area contributed by atoms with Gasteiger partial charge in [0.25, 0.3) is 5.56 Å². The van der Waals surface area contributed by atoms with E-state index in [1.165, 1.54) is 4.70 Å². The van der Waals surface area contributed by atoms with Gasteiger partial charge in [-0.2, -0.15) is 5.26 Å². The highest BCUT2D eigenvalue weighted by Gasteiger charge is 2.13. The van der Waals surface area contributed by atoms with E-state index in [9.17, 15) is 9.90 Å². The summed E-state index contributed by atoms with van der Waals surface area (Å²) in [7, 11) is 0. The molecule has 0 amide bonds. The van der Waals surface area contributed by atoms with E-state index in [0.717, 1.165) is 22.1 Å². The molecule has 0 aliphatic heterocycles. The van der Waals surface area contributed by atoms with Crippen molar-refractivity contribution in [2.75, 3.05) is 0 Å². The Morgan fingerprint density at radius 1 is 1.03 bits per heavy atom. The van der Waals surface area contributed by atoms with Crippen molar-refractivity contribution in [3.8, 4) is 23.1 Å². The smallest absolute Gasteiger partial charge is 0.258 e. The second-order valence-corrected chi connectivity index (χ2v) is 8.29. The molecule has 5 rings (SSSR count). The van der Waals surface area contributed by atoms with Crippen LogP contribution in [0.2, 0.25) is 0 Å². The molecule has 2 heterocycles. The number of fused-ring (bicyclic) bond motifs is 2. The summed E-state index contributed by atoms with van der Waals surface area (Å²) in [5.74, 6) is -0.223. The molecule has 5 aromatic rings. The summed E-state index contributed by atoms with van der Waals surface area (Å²) in [6.07, 6.45) is 1.90. The largest absolute Gasteiger partial charge is 0.494 e. The SMILES string of the molecule is N#CCc1ccc(N=Cc2c(O)[nH]c(=O)c3ccc(-c4csc5ccccc45)cc23)cc1. The van der Waals surface area contributed by atoms with E-state index < -0.39 is 0 Å². The number of hydrogen-bond donors (Lipinski definition) is 2. The second kappa shape index (κ2) is 8.14. The van der Waals surface area contributed by atoms with Gasteiger partial charge in [0, 0.05) is 32.6 Å². The predicted molar refractivity (Wildman–Crippen MR) is 130 cm³/mol. The van der Waals surface area contributed by atoms with Crippen molar-refractivity contribution in [3.63, 3.8) is 0 Å². The molecule has 2 N–H and O–H groups in total. The van der Waals surface area contributed by atoms with Gasteiger partial charge in [-0.25, -0.2) is 0 Å². The summed E-state index contributed by atoms with van der Waals surface area (Å²) >= 11 is 1.67. The van der Waals surface area contributed by atoms with Gasteiger partial charge in [-0.3, -0.25) is 14.8 Å². The number of nitrogens with one attached hydrogen (secondary N) is 1. The quantitative estimate of drug-likeness (QED) is 0.343. The standard InChI is InChI=1S/C26H17N3O2S/c27-12-11-16-5-8-18(9-6-16)28-14-22-21-13-17(7-10-20(21)25(30)29-26(22)31)23-15-32-24-4-2-1-3-19(23)24/h1-10,13-15H,11H2,(H2,29,30,31). The molecule has 0 aliphatic rings. The Hall–Kier alpha value is -4.21. The fourth-order valence-electron chi connectivity index (χ4n) is 3.76. The van der Waals surface area contributed by atoms with E-state index in [1.54, 1.807) is 23.6 Å². The van der Waals surface area contributed by atoms with Gasteiger partial charge in [-0.15, -0.1) is 11.3 Å². The summed E-state index contributed by atoms with van der Waals surface area (Å²) < 4.78 is 1.19. The number of aromatic amines is 1. The van der Waals surface area contributed by atoms with Crippen LogP contribution in [0.25, 0.3) is 32.0 Å². The number of rotatable bonds is 4. The minimum absolute atomic E-state index is 0.223. The maximum absolute atomic E-state index is 12.5. The zero-order chi connectivity index (χ0) is 22.1. The third kappa shape index (κ3) is 3.55. The molecule has 3 aromatic carbocycles. The lowest BCUT2D eigenvalue weighted by atomic mass is 9.99. The first kappa shape index (κ1) is 19.7. The van der Waals surface area contributed by atoms with Gasteiger partial charge in [0.1, 0.15) is 0 Å². The maximum Gasteiger partial charge on any atom is 0.258 e. The number of aliphatic imine (C=N–C) groups is 1. The summed E-state index contributed by atoms with van der Waals surface area (Å²) in [4.78, 5) is 19.4. The van der Waals surface area contributed by atoms with Gasteiger partial charge >= 0.3 is 0 Å². The Kier molecular flexibility index (Phi) is 5.02. The molecule has 0 aliphatic carbocycles. The molecule has 0 bridgehead atoms. The van der Waals surface area contributed by atoms with Crippen LogP contribution in [0.4, 0.5) is 5.69 Å². The maximum atomic E-state index is 12.5. The van der Waals surface area contributed by atoms with E-state index in [1.807, 2.05) is 48.5 Å². The van der Waals surface area contributed by atoms with Gasteiger partial charge in [-0.1, -0.05) is 36.4 Å². The Bertz CT molecular complexity index is 1590. The van der Waals surface area contributed by atoms with Crippen molar-refractivity contribution in [1.82, 2.24) is 4.98 Å². The summed E-state index contributed by atoms with van der Waals surface area (Å²) in [6.45, 7) is 0. The molecule has 0 spiro atoms. The lowest BCUT2D eigenvalue weighted by Gasteiger charge is -2.08. The number of aromatic nitrogens is 1. The Morgan fingerprint density at radius 3 is 2.66 bits per heavy atom. The summed E-state index contributed by atoms with van der Waals surface area (Å²) in [5, 5.41) is 23.7. The Balaban J connectivity index is 1.63. The van der Waals surface area contributed by atoms with E-state index >= 15 is 0 Å². The van der Waals surface area contributed by atoms with E-state index in [4.69, 9.17) is 5.26 Å². The molecule has 5 nitrogen and oxygen atoms in total. The topological polar surface area (TPSA) is 89.2 Å². The van der Waals surface area contributed by atoms with Crippen LogP contribution in [0.3, 0.4) is 0 Å². The van der Waals surface area contributed by atoms with Crippen LogP contribution in [0.15, 0.2) is 81.9 Å². The average Bonchev–Trinajstić information content (AvgIpc) is 3.24. The lowest BCUT2D eigenvalue weighted by Crippen LogP contribution is -2.08. The van der Waals surface area contributed by atoms with Crippen LogP contribution >= 0.6 is 11.3 Å². The number of thiophene rings is 1. The van der Waals surface area contributed by atoms with Gasteiger partial charge in [0.15, 0.2) is 0 Å². The van der Waals surface area contributed by atoms with Gasteiger partial charge in [0.2, 0.25) is 5.88 Å². The van der Waals surface area contributed by atoms with E-state index in [2.05, 4.69) is 33.6 Å². The van der Waals surface area contributed by atoms with Crippen molar-refractivity contribution < 1.29 is 5.11 Å². The molecular weight excluding hydrogens is 418 g/mol. The van der Waals surface area contributed by atoms with Gasteiger partial charge in [-0.05, 0) is 46.8 Å². The van der Waals surface area contributed by atoms with Crippen LogP contribution in [0.5, 0.6) is 5.88 Å². The van der Waals surface area contributed by atoms with Crippen LogP contribution in [-0.2, 0) is 6.42 Å². The predicted octanol–water partition coefficient (Wildman–Crippen LogP) is 5.93. The molecule has 2 aromatic heterocycles. The fraction of sp³-hybridized carbons (Fsp3) is 0.0385.